The number of hydrogen-bond donors (Lipinski definition) is 3. The molecule has 1 aliphatic heterocycles. The van der Waals surface area contributed by atoms with Crippen molar-refractivity contribution in [2.24, 2.45) is 0 Å². The number of rotatable bonds is 12. The van der Waals surface area contributed by atoms with Gasteiger partial charge >= 0.3 is 19.4 Å². The molecule has 1 fully saturated rings. The lowest BCUT2D eigenvalue weighted by molar-refractivity contribution is -0.126. The fraction of sp³-hybridized carbons (Fsp3) is 0.455. The lowest BCUT2D eigenvalue weighted by Gasteiger charge is -2.26. The molecule has 2 aromatic heterocycles. The van der Waals surface area contributed by atoms with Crippen molar-refractivity contribution in [3.05, 3.63) is 71.5 Å². The van der Waals surface area contributed by atoms with Crippen LogP contribution in [0.3, 0.4) is 0 Å². The van der Waals surface area contributed by atoms with E-state index in [1.54, 1.807) is 49.8 Å². The molecular weight excluding hydrogens is 646 g/mol. The van der Waals surface area contributed by atoms with E-state index < -0.39 is 36.9 Å². The zero-order valence-corrected chi connectivity index (χ0v) is 27.9. The maximum atomic E-state index is 13.7. The summed E-state index contributed by atoms with van der Waals surface area (Å²) in [5.41, 5.74) is -0.236. The average Bonchev–Trinajstić information content (AvgIpc) is 3.46. The van der Waals surface area contributed by atoms with E-state index in [1.165, 1.54) is 42.4 Å². The number of fused-ring (bicyclic) bond motifs is 1. The van der Waals surface area contributed by atoms with Crippen molar-refractivity contribution < 1.29 is 47.0 Å². The number of nitrogens with zero attached hydrogens (tertiary/aromatic N) is 4. The Balaban J connectivity index is 1.59. The normalized spacial score (nSPS) is 16.0. The predicted octanol–water partition coefficient (Wildman–Crippen LogP) is 4.81. The maximum Gasteiger partial charge on any atom is 0.485 e. The first-order chi connectivity index (χ1) is 23.1. The highest BCUT2D eigenvalue weighted by atomic mass is 19.4. The standard InChI is InChI=1S/C33H41BF3N5O7/c1-32(2,3)49-31(44)41(14-7-8-27(43)38-4)15-17-47-28-13-11-23(20-39-28)30(25(34(45)46)19-33(35,36)37)22-10-12-26-24(18-22)21-40-42(26)29-9-5-6-16-48-29/h7-8,10-13,18,20-21,29,45-46H,5-6,9,14-17,19H2,1-4H3,(H,38,43)/b8-7+,30-25-. The van der Waals surface area contributed by atoms with E-state index in [0.29, 0.717) is 17.6 Å². The number of nitrogens with one attached hydrogen (secondary N) is 1. The minimum absolute atomic E-state index is 0.0257. The van der Waals surface area contributed by atoms with Crippen LogP contribution in [0.25, 0.3) is 16.5 Å². The van der Waals surface area contributed by atoms with Crippen molar-refractivity contribution in [3.63, 3.8) is 0 Å². The largest absolute Gasteiger partial charge is 0.485 e. The molecule has 264 valence electrons. The van der Waals surface area contributed by atoms with Crippen molar-refractivity contribution >= 4 is 35.6 Å². The molecule has 16 heteroatoms. The highest BCUT2D eigenvalue weighted by Crippen LogP contribution is 2.36. The zero-order valence-electron chi connectivity index (χ0n) is 27.9. The van der Waals surface area contributed by atoms with Gasteiger partial charge in [0.25, 0.3) is 0 Å². The molecule has 49 heavy (non-hydrogen) atoms. The molecule has 0 spiro atoms. The maximum absolute atomic E-state index is 13.7. The van der Waals surface area contributed by atoms with Gasteiger partial charge in [0.15, 0.2) is 6.23 Å². The average molecular weight is 688 g/mol. The summed E-state index contributed by atoms with van der Waals surface area (Å²) in [6.07, 6.45) is 1.22. The monoisotopic (exact) mass is 687 g/mol. The van der Waals surface area contributed by atoms with Crippen LogP contribution in [-0.2, 0) is 14.3 Å². The van der Waals surface area contributed by atoms with Gasteiger partial charge in [0.05, 0.1) is 24.7 Å². The zero-order chi connectivity index (χ0) is 35.8. The van der Waals surface area contributed by atoms with Gasteiger partial charge in [-0.2, -0.15) is 18.3 Å². The van der Waals surface area contributed by atoms with Crippen LogP contribution in [-0.4, -0.2) is 94.0 Å². The number of aromatic nitrogens is 3. The fourth-order valence-corrected chi connectivity index (χ4v) is 5.24. The first kappa shape index (κ1) is 37.4. The third-order valence-corrected chi connectivity index (χ3v) is 7.47. The number of hydrogen-bond acceptors (Lipinski definition) is 9. The summed E-state index contributed by atoms with van der Waals surface area (Å²) in [5, 5.41) is 27.8. The van der Waals surface area contributed by atoms with Crippen LogP contribution in [0.5, 0.6) is 5.88 Å². The molecule has 4 rings (SSSR count). The number of carbonyl (C=O) groups is 2. The Kier molecular flexibility index (Phi) is 12.5. The quantitative estimate of drug-likeness (QED) is 0.180. The Morgan fingerprint density at radius 1 is 1.14 bits per heavy atom. The first-order valence-electron chi connectivity index (χ1n) is 15.9. The van der Waals surface area contributed by atoms with Gasteiger partial charge in [-0.15, -0.1) is 0 Å². The first-order valence-corrected chi connectivity index (χ1v) is 15.9. The van der Waals surface area contributed by atoms with Crippen LogP contribution in [0.1, 0.15) is 63.8 Å². The molecular formula is C33H41BF3N5O7. The second-order valence-electron chi connectivity index (χ2n) is 12.4. The summed E-state index contributed by atoms with van der Waals surface area (Å²) in [4.78, 5) is 29.9. The molecule has 1 aromatic carbocycles. The number of pyridine rings is 1. The van der Waals surface area contributed by atoms with E-state index in [2.05, 4.69) is 15.4 Å². The van der Waals surface area contributed by atoms with Gasteiger partial charge in [-0.1, -0.05) is 12.1 Å². The van der Waals surface area contributed by atoms with Gasteiger partial charge in [-0.25, -0.2) is 14.5 Å². The molecule has 0 aliphatic carbocycles. The topological polar surface area (TPSA) is 148 Å². The van der Waals surface area contributed by atoms with E-state index >= 15 is 0 Å². The highest BCUT2D eigenvalue weighted by Gasteiger charge is 2.35. The fourth-order valence-electron chi connectivity index (χ4n) is 5.24. The molecule has 3 N–H and O–H groups in total. The minimum atomic E-state index is -4.73. The van der Waals surface area contributed by atoms with Crippen molar-refractivity contribution in [3.8, 4) is 5.88 Å². The molecule has 3 heterocycles. The van der Waals surface area contributed by atoms with Crippen molar-refractivity contribution in [2.75, 3.05) is 33.4 Å². The number of alkyl halides is 3. The van der Waals surface area contributed by atoms with Gasteiger partial charge in [-0.3, -0.25) is 4.79 Å². The summed E-state index contributed by atoms with van der Waals surface area (Å²) in [6, 6.07) is 7.87. The number of ether oxygens (including phenoxy) is 3. The number of carbonyl (C=O) groups excluding carboxylic acids is 2. The number of halogens is 3. The van der Waals surface area contributed by atoms with E-state index in [4.69, 9.17) is 14.2 Å². The molecule has 1 saturated heterocycles. The molecule has 1 unspecified atom stereocenters. The van der Waals surface area contributed by atoms with Crippen molar-refractivity contribution in [1.82, 2.24) is 25.0 Å². The van der Waals surface area contributed by atoms with E-state index in [0.717, 1.165) is 24.8 Å². The van der Waals surface area contributed by atoms with Crippen LogP contribution in [0.4, 0.5) is 18.0 Å². The summed E-state index contributed by atoms with van der Waals surface area (Å²) in [7, 11) is -0.925. The van der Waals surface area contributed by atoms with Crippen LogP contribution >= 0.6 is 0 Å². The summed E-state index contributed by atoms with van der Waals surface area (Å²) in [6.45, 7) is 5.88. The third-order valence-electron chi connectivity index (χ3n) is 7.47. The van der Waals surface area contributed by atoms with E-state index in [1.807, 2.05) is 0 Å². The number of allylic oxidation sites excluding steroid dienone is 1. The van der Waals surface area contributed by atoms with Gasteiger partial charge in [0.1, 0.15) is 12.2 Å². The molecule has 0 bridgehead atoms. The van der Waals surface area contributed by atoms with E-state index in [9.17, 15) is 32.8 Å². The summed E-state index contributed by atoms with van der Waals surface area (Å²) in [5.74, 6) is -0.228. The van der Waals surface area contributed by atoms with Crippen molar-refractivity contribution in [1.29, 1.82) is 0 Å². The second-order valence-corrected chi connectivity index (χ2v) is 12.4. The van der Waals surface area contributed by atoms with Crippen molar-refractivity contribution in [2.45, 2.75) is 64.5 Å². The summed E-state index contributed by atoms with van der Waals surface area (Å²) >= 11 is 0. The Hall–Kier alpha value is -4.41. The second kappa shape index (κ2) is 16.3. The lowest BCUT2D eigenvalue weighted by atomic mass is 9.71. The molecule has 1 aliphatic rings. The number of likely N-dealkylation sites (N-methyl/N-ethyl adjacent to an activating group) is 1. The van der Waals surface area contributed by atoms with E-state index in [-0.39, 0.29) is 48.8 Å². The Bertz CT molecular complexity index is 1650. The predicted molar refractivity (Wildman–Crippen MR) is 176 cm³/mol. The van der Waals surface area contributed by atoms with Gasteiger partial charge in [-0.05, 0) is 74.8 Å². The van der Waals surface area contributed by atoms with Crippen LogP contribution in [0.2, 0.25) is 0 Å². The minimum Gasteiger partial charge on any atom is -0.476 e. The lowest BCUT2D eigenvalue weighted by Crippen LogP contribution is -2.39. The van der Waals surface area contributed by atoms with Crippen LogP contribution in [0.15, 0.2) is 60.4 Å². The molecule has 2 amide bonds. The molecule has 0 saturated carbocycles. The van der Waals surface area contributed by atoms with Crippen LogP contribution < -0.4 is 10.1 Å². The third kappa shape index (κ3) is 10.8. The highest BCUT2D eigenvalue weighted by molar-refractivity contribution is 6.53. The summed E-state index contributed by atoms with van der Waals surface area (Å²) < 4.78 is 59.9. The molecule has 1 atom stereocenters. The van der Waals surface area contributed by atoms with Gasteiger partial charge < -0.3 is 34.5 Å². The smallest absolute Gasteiger partial charge is 0.476 e. The SMILES string of the molecule is CNC(=O)/C=C/CN(CCOc1ccc(/C(=C(/CC(F)(F)F)B(O)O)c2ccc3c(cnn3C3CCCCO3)c2)cn1)C(=O)OC(C)(C)C. The number of benzene rings is 1. The number of amides is 2. The van der Waals surface area contributed by atoms with Gasteiger partial charge in [0.2, 0.25) is 11.8 Å². The Morgan fingerprint density at radius 3 is 2.51 bits per heavy atom. The molecule has 12 nitrogen and oxygen atoms in total. The van der Waals surface area contributed by atoms with Gasteiger partial charge in [0, 0.05) is 49.5 Å². The Morgan fingerprint density at radius 2 is 1.90 bits per heavy atom. The molecule has 3 aromatic rings. The molecule has 0 radical (unpaired) electrons. The Labute approximate surface area is 282 Å². The van der Waals surface area contributed by atoms with Crippen LogP contribution in [0, 0.1) is 0 Å².